The second-order valence-electron chi connectivity index (χ2n) is 5.35. The first-order chi connectivity index (χ1) is 12.3. The number of carbonyl (C=O) groups excluding carboxylic acids is 1. The zero-order valence-corrected chi connectivity index (χ0v) is 13.2. The van der Waals surface area contributed by atoms with Gasteiger partial charge < -0.3 is 11.5 Å². The molecule has 132 valence electrons. The largest absolute Gasteiger partial charge is 0.433 e. The van der Waals surface area contributed by atoms with Gasteiger partial charge in [0.1, 0.15) is 5.69 Å². The third-order valence-electron chi connectivity index (χ3n) is 3.61. The molecule has 3 aromatic heterocycles. The Morgan fingerprint density at radius 3 is 2.38 bits per heavy atom. The fraction of sp³-hybridized carbons (Fsp3) is 0.0588. The van der Waals surface area contributed by atoms with Gasteiger partial charge in [-0.25, -0.2) is 4.98 Å². The molecule has 3 heterocycles. The number of pyridine rings is 3. The number of aromatic nitrogens is 3. The Labute approximate surface area is 145 Å². The van der Waals surface area contributed by atoms with E-state index in [0.29, 0.717) is 5.56 Å². The van der Waals surface area contributed by atoms with Gasteiger partial charge in [0.05, 0.1) is 22.6 Å². The zero-order chi connectivity index (χ0) is 18.9. The standard InChI is InChI=1S/C17H12F3N5O/c18-17(19,20)13-4-3-9(8-24-13)12-6-11(16(22)26)14(21)15(25-12)10-2-1-5-23-7-10/h1-8H,21H2,(H2,22,26). The number of carbonyl (C=O) groups is 1. The van der Waals surface area contributed by atoms with E-state index in [2.05, 4.69) is 15.0 Å². The smallest absolute Gasteiger partial charge is 0.396 e. The van der Waals surface area contributed by atoms with Crippen molar-refractivity contribution >= 4 is 11.6 Å². The summed E-state index contributed by atoms with van der Waals surface area (Å²) >= 11 is 0. The van der Waals surface area contributed by atoms with Gasteiger partial charge in [-0.1, -0.05) is 0 Å². The van der Waals surface area contributed by atoms with E-state index >= 15 is 0 Å². The van der Waals surface area contributed by atoms with Gasteiger partial charge in [-0.05, 0) is 30.3 Å². The number of hydrogen-bond donors (Lipinski definition) is 2. The van der Waals surface area contributed by atoms with Gasteiger partial charge in [-0.2, -0.15) is 13.2 Å². The fourth-order valence-corrected chi connectivity index (χ4v) is 2.34. The molecule has 1 amide bonds. The second-order valence-corrected chi connectivity index (χ2v) is 5.35. The van der Waals surface area contributed by atoms with E-state index in [4.69, 9.17) is 11.5 Å². The molecule has 26 heavy (non-hydrogen) atoms. The highest BCUT2D eigenvalue weighted by atomic mass is 19.4. The van der Waals surface area contributed by atoms with Crippen molar-refractivity contribution in [2.45, 2.75) is 6.18 Å². The summed E-state index contributed by atoms with van der Waals surface area (Å²) in [5.41, 5.74) is 11.7. The van der Waals surface area contributed by atoms with E-state index in [0.717, 1.165) is 12.3 Å². The molecule has 0 atom stereocenters. The Hall–Kier alpha value is -3.49. The van der Waals surface area contributed by atoms with Crippen molar-refractivity contribution < 1.29 is 18.0 Å². The lowest BCUT2D eigenvalue weighted by Crippen LogP contribution is -2.15. The number of halogens is 3. The Kier molecular flexibility index (Phi) is 4.29. The van der Waals surface area contributed by atoms with Crippen LogP contribution in [0, 0.1) is 0 Å². The average Bonchev–Trinajstić information content (AvgIpc) is 2.62. The molecule has 3 aromatic rings. The minimum atomic E-state index is -4.55. The fourth-order valence-electron chi connectivity index (χ4n) is 2.34. The number of hydrogen-bond acceptors (Lipinski definition) is 5. The highest BCUT2D eigenvalue weighted by Crippen LogP contribution is 2.32. The van der Waals surface area contributed by atoms with E-state index < -0.39 is 17.8 Å². The van der Waals surface area contributed by atoms with Gasteiger partial charge in [-0.3, -0.25) is 14.8 Å². The molecule has 9 heteroatoms. The Bertz CT molecular complexity index is 957. The lowest BCUT2D eigenvalue weighted by Gasteiger charge is -2.12. The topological polar surface area (TPSA) is 108 Å². The molecular formula is C17H12F3N5O. The predicted octanol–water partition coefficient (Wildman–Crippen LogP) is 2.91. The Balaban J connectivity index is 2.16. The van der Waals surface area contributed by atoms with Gasteiger partial charge >= 0.3 is 6.18 Å². The number of nitrogens with zero attached hydrogens (tertiary/aromatic N) is 3. The van der Waals surface area contributed by atoms with Crippen molar-refractivity contribution in [1.29, 1.82) is 0 Å². The molecule has 0 aliphatic heterocycles. The molecule has 0 aromatic carbocycles. The third kappa shape index (κ3) is 3.32. The molecule has 0 saturated carbocycles. The molecule has 0 radical (unpaired) electrons. The summed E-state index contributed by atoms with van der Waals surface area (Å²) < 4.78 is 38.0. The first kappa shape index (κ1) is 17.3. The van der Waals surface area contributed by atoms with Crippen LogP contribution < -0.4 is 11.5 Å². The minimum absolute atomic E-state index is 0.00810. The van der Waals surface area contributed by atoms with Crippen molar-refractivity contribution in [3.05, 3.63) is 60.2 Å². The first-order valence-corrected chi connectivity index (χ1v) is 7.31. The van der Waals surface area contributed by atoms with Crippen molar-refractivity contribution in [1.82, 2.24) is 15.0 Å². The lowest BCUT2D eigenvalue weighted by atomic mass is 10.0. The maximum absolute atomic E-state index is 12.7. The van der Waals surface area contributed by atoms with Crippen LogP contribution in [0.25, 0.3) is 22.5 Å². The van der Waals surface area contributed by atoms with Crippen molar-refractivity contribution in [3.63, 3.8) is 0 Å². The SMILES string of the molecule is NC(=O)c1cc(-c2ccc(C(F)(F)F)nc2)nc(-c2cccnc2)c1N. The molecule has 0 aliphatic carbocycles. The molecule has 0 spiro atoms. The monoisotopic (exact) mass is 359 g/mol. The number of alkyl halides is 3. The predicted molar refractivity (Wildman–Crippen MR) is 88.6 cm³/mol. The van der Waals surface area contributed by atoms with E-state index in [-0.39, 0.29) is 28.2 Å². The van der Waals surface area contributed by atoms with Crippen LogP contribution in [0.1, 0.15) is 16.1 Å². The van der Waals surface area contributed by atoms with E-state index in [1.54, 1.807) is 18.3 Å². The summed E-state index contributed by atoms with van der Waals surface area (Å²) in [7, 11) is 0. The molecule has 0 bridgehead atoms. The summed E-state index contributed by atoms with van der Waals surface area (Å²) in [5, 5.41) is 0. The van der Waals surface area contributed by atoms with Crippen LogP contribution in [0.2, 0.25) is 0 Å². The van der Waals surface area contributed by atoms with Crippen LogP contribution in [0.5, 0.6) is 0 Å². The highest BCUT2D eigenvalue weighted by Gasteiger charge is 2.32. The maximum atomic E-state index is 12.7. The van der Waals surface area contributed by atoms with Crippen LogP contribution in [0.15, 0.2) is 48.9 Å². The van der Waals surface area contributed by atoms with Crippen molar-refractivity contribution in [3.8, 4) is 22.5 Å². The quantitative estimate of drug-likeness (QED) is 0.747. The third-order valence-corrected chi connectivity index (χ3v) is 3.61. The van der Waals surface area contributed by atoms with Crippen LogP contribution in [0.4, 0.5) is 18.9 Å². The molecule has 4 N–H and O–H groups in total. The molecule has 0 fully saturated rings. The molecule has 3 rings (SSSR count). The summed E-state index contributed by atoms with van der Waals surface area (Å²) in [4.78, 5) is 23.4. The molecule has 0 aliphatic rings. The number of primary amides is 1. The van der Waals surface area contributed by atoms with Crippen molar-refractivity contribution in [2.24, 2.45) is 5.73 Å². The van der Waals surface area contributed by atoms with Crippen LogP contribution in [0.3, 0.4) is 0 Å². The van der Waals surface area contributed by atoms with Gasteiger partial charge in [-0.15, -0.1) is 0 Å². The normalized spacial score (nSPS) is 11.3. The molecule has 6 nitrogen and oxygen atoms in total. The summed E-state index contributed by atoms with van der Waals surface area (Å²) in [5.74, 6) is -0.781. The minimum Gasteiger partial charge on any atom is -0.396 e. The summed E-state index contributed by atoms with van der Waals surface area (Å²) in [6.07, 6.45) is -0.470. The Morgan fingerprint density at radius 2 is 1.85 bits per heavy atom. The summed E-state index contributed by atoms with van der Waals surface area (Å²) in [6, 6.07) is 6.72. The van der Waals surface area contributed by atoms with Gasteiger partial charge in [0.15, 0.2) is 0 Å². The van der Waals surface area contributed by atoms with E-state index in [1.165, 1.54) is 18.3 Å². The second kappa shape index (κ2) is 6.43. The van der Waals surface area contributed by atoms with Gasteiger partial charge in [0, 0.05) is 29.7 Å². The lowest BCUT2D eigenvalue weighted by molar-refractivity contribution is -0.141. The number of anilines is 1. The molecule has 0 unspecified atom stereocenters. The van der Waals surface area contributed by atoms with Gasteiger partial charge in [0.2, 0.25) is 0 Å². The Morgan fingerprint density at radius 1 is 1.08 bits per heavy atom. The first-order valence-electron chi connectivity index (χ1n) is 7.31. The number of nitrogen functional groups attached to an aromatic ring is 1. The molecule has 0 saturated heterocycles. The number of rotatable bonds is 3. The average molecular weight is 359 g/mol. The van der Waals surface area contributed by atoms with Crippen LogP contribution >= 0.6 is 0 Å². The van der Waals surface area contributed by atoms with Crippen molar-refractivity contribution in [2.75, 3.05) is 5.73 Å². The van der Waals surface area contributed by atoms with Crippen LogP contribution in [-0.2, 0) is 6.18 Å². The highest BCUT2D eigenvalue weighted by molar-refractivity contribution is 6.02. The van der Waals surface area contributed by atoms with E-state index in [9.17, 15) is 18.0 Å². The van der Waals surface area contributed by atoms with E-state index in [1.807, 2.05) is 0 Å². The maximum Gasteiger partial charge on any atom is 0.433 e. The molecular weight excluding hydrogens is 347 g/mol. The summed E-state index contributed by atoms with van der Waals surface area (Å²) in [6.45, 7) is 0. The number of amides is 1. The zero-order valence-electron chi connectivity index (χ0n) is 13.2. The van der Waals surface area contributed by atoms with Gasteiger partial charge in [0.25, 0.3) is 5.91 Å². The van der Waals surface area contributed by atoms with Crippen LogP contribution in [-0.4, -0.2) is 20.9 Å². The number of nitrogens with two attached hydrogens (primary N) is 2.